The van der Waals surface area contributed by atoms with Gasteiger partial charge >= 0.3 is 0 Å². The zero-order valence-electron chi connectivity index (χ0n) is 12.5. The molecule has 110 valence electrons. The molecule has 0 bridgehead atoms. The topological polar surface area (TPSA) is 21.2 Å². The van der Waals surface area contributed by atoms with Gasteiger partial charge in [-0.2, -0.15) is 4.40 Å². The third kappa shape index (κ3) is 2.24. The number of rotatable bonds is 3. The van der Waals surface area contributed by atoms with Crippen molar-refractivity contribution < 1.29 is 28.5 Å². The largest absolute Gasteiger partial charge is 1.00 e. The lowest BCUT2D eigenvalue weighted by Gasteiger charge is -2.02. The van der Waals surface area contributed by atoms with Gasteiger partial charge in [0.15, 0.2) is 11.0 Å². The molecule has 0 aromatic carbocycles. The molecule has 0 radical (unpaired) electrons. The number of aromatic nitrogens is 3. The minimum absolute atomic E-state index is 0. The number of hydrogen-bond donors (Lipinski definition) is 0. The first-order valence-corrected chi connectivity index (χ1v) is 7.66. The fourth-order valence-electron chi connectivity index (χ4n) is 3.20. The van der Waals surface area contributed by atoms with E-state index < -0.39 is 0 Å². The summed E-state index contributed by atoms with van der Waals surface area (Å²) in [7, 11) is 0. The Labute approximate surface area is 142 Å². The first-order chi connectivity index (χ1) is 9.83. The molecule has 0 atom stereocenters. The van der Waals surface area contributed by atoms with Crippen LogP contribution >= 0.6 is 0 Å². The minimum Gasteiger partial charge on any atom is -1.00 e. The van der Waals surface area contributed by atoms with Crippen molar-refractivity contribution in [2.75, 3.05) is 0 Å². The van der Waals surface area contributed by atoms with E-state index in [0.717, 1.165) is 13.0 Å². The summed E-state index contributed by atoms with van der Waals surface area (Å²) in [5.41, 5.74) is 6.42. The lowest BCUT2D eigenvalue weighted by molar-refractivity contribution is -0.642. The predicted molar refractivity (Wildman–Crippen MR) is 79.9 cm³/mol. The summed E-state index contributed by atoms with van der Waals surface area (Å²) in [6, 6.07) is 8.72. The van der Waals surface area contributed by atoms with Crippen molar-refractivity contribution in [3.63, 3.8) is 0 Å². The van der Waals surface area contributed by atoms with E-state index in [1.807, 2.05) is 0 Å². The van der Waals surface area contributed by atoms with Gasteiger partial charge in [0.1, 0.15) is 0 Å². The molecule has 3 heterocycles. The van der Waals surface area contributed by atoms with Crippen molar-refractivity contribution in [3.8, 4) is 0 Å². The Hall–Kier alpha value is -1.17. The molecule has 4 heteroatoms. The number of fused-ring (bicyclic) bond motifs is 3. The normalized spacial score (nSPS) is 14.6. The lowest BCUT2D eigenvalue weighted by Crippen LogP contribution is -3.00. The Morgan fingerprint density at radius 2 is 2.10 bits per heavy atom. The highest BCUT2D eigenvalue weighted by Crippen LogP contribution is 2.40. The first kappa shape index (κ1) is 14.8. The highest BCUT2D eigenvalue weighted by atomic mass is 127. The maximum atomic E-state index is 4.95. The van der Waals surface area contributed by atoms with E-state index in [4.69, 9.17) is 4.98 Å². The number of hydrogen-bond acceptors (Lipinski definition) is 1. The van der Waals surface area contributed by atoms with Gasteiger partial charge in [-0.1, -0.05) is 13.0 Å². The van der Waals surface area contributed by atoms with Crippen molar-refractivity contribution >= 4 is 16.7 Å². The number of halogens is 1. The molecule has 0 spiro atoms. The van der Waals surface area contributed by atoms with Crippen LogP contribution in [0.2, 0.25) is 0 Å². The van der Waals surface area contributed by atoms with Crippen LogP contribution in [0, 0.1) is 0 Å². The molecule has 3 nitrogen and oxygen atoms in total. The second kappa shape index (κ2) is 5.55. The number of nitrogens with zero attached hydrogens (tertiary/aromatic N) is 3. The molecule has 1 fully saturated rings. The molecule has 0 unspecified atom stereocenters. The summed E-state index contributed by atoms with van der Waals surface area (Å²) in [4.78, 5) is 4.95. The van der Waals surface area contributed by atoms with Gasteiger partial charge in [-0.3, -0.25) is 4.98 Å². The van der Waals surface area contributed by atoms with Gasteiger partial charge in [-0.25, -0.2) is 4.57 Å². The van der Waals surface area contributed by atoms with Crippen molar-refractivity contribution in [2.24, 2.45) is 0 Å². The molecule has 0 N–H and O–H groups in total. The summed E-state index contributed by atoms with van der Waals surface area (Å²) in [6.45, 7) is 5.40. The number of pyridine rings is 2. The average molecular weight is 393 g/mol. The van der Waals surface area contributed by atoms with E-state index in [2.05, 4.69) is 53.3 Å². The molecule has 1 aliphatic carbocycles. The maximum absolute atomic E-state index is 4.95. The zero-order valence-corrected chi connectivity index (χ0v) is 14.7. The number of imidazole rings is 1. The average Bonchev–Trinajstić information content (AvgIpc) is 3.29. The SMILES string of the molecule is CCc1nc(C2CC2)cc2c1[n+](CC)c1ccccn21.[I-]. The third-order valence-corrected chi connectivity index (χ3v) is 4.36. The highest BCUT2D eigenvalue weighted by Gasteiger charge is 2.29. The maximum Gasteiger partial charge on any atom is 0.287 e. The van der Waals surface area contributed by atoms with E-state index in [1.54, 1.807) is 0 Å². The zero-order chi connectivity index (χ0) is 13.7. The Bertz CT molecular complexity index is 803. The van der Waals surface area contributed by atoms with E-state index in [1.165, 1.54) is 40.9 Å². The molecule has 3 aromatic heterocycles. The fraction of sp³-hybridized carbons (Fsp3) is 0.412. The molecule has 0 saturated heterocycles. The summed E-state index contributed by atoms with van der Waals surface area (Å²) in [6.07, 6.45) is 5.77. The smallest absolute Gasteiger partial charge is 0.287 e. The van der Waals surface area contributed by atoms with Gasteiger partial charge in [-0.05, 0) is 32.3 Å². The van der Waals surface area contributed by atoms with Gasteiger partial charge in [0.25, 0.3) is 5.65 Å². The third-order valence-electron chi connectivity index (χ3n) is 4.36. The quantitative estimate of drug-likeness (QED) is 0.462. The van der Waals surface area contributed by atoms with E-state index >= 15 is 0 Å². The molecule has 0 amide bonds. The van der Waals surface area contributed by atoms with Gasteiger partial charge in [0, 0.05) is 23.7 Å². The molecule has 3 aromatic rings. The summed E-state index contributed by atoms with van der Waals surface area (Å²) < 4.78 is 4.70. The molecular formula is C17H20IN3. The van der Waals surface area contributed by atoms with Crippen LogP contribution in [0.3, 0.4) is 0 Å². The van der Waals surface area contributed by atoms with Crippen LogP contribution in [0.1, 0.15) is 44.0 Å². The van der Waals surface area contributed by atoms with Gasteiger partial charge in [0.2, 0.25) is 0 Å². The summed E-state index contributed by atoms with van der Waals surface area (Å²) in [5.74, 6) is 0.703. The van der Waals surface area contributed by atoms with Crippen molar-refractivity contribution in [1.82, 2.24) is 9.38 Å². The molecule has 0 aliphatic heterocycles. The minimum atomic E-state index is 0. The fourth-order valence-corrected chi connectivity index (χ4v) is 3.20. The summed E-state index contributed by atoms with van der Waals surface area (Å²) >= 11 is 0. The Morgan fingerprint density at radius 3 is 2.76 bits per heavy atom. The molecular weight excluding hydrogens is 373 g/mol. The van der Waals surface area contributed by atoms with Crippen molar-refractivity contribution in [1.29, 1.82) is 0 Å². The van der Waals surface area contributed by atoms with Crippen LogP contribution in [0.25, 0.3) is 16.7 Å². The van der Waals surface area contributed by atoms with Crippen molar-refractivity contribution in [2.45, 2.75) is 45.6 Å². The second-order valence-corrected chi connectivity index (χ2v) is 5.66. The molecule has 21 heavy (non-hydrogen) atoms. The van der Waals surface area contributed by atoms with Gasteiger partial charge < -0.3 is 24.0 Å². The van der Waals surface area contributed by atoms with Crippen LogP contribution in [0.5, 0.6) is 0 Å². The molecule has 1 aliphatic rings. The molecule has 4 rings (SSSR count). The van der Waals surface area contributed by atoms with Crippen LogP contribution < -0.4 is 28.5 Å². The van der Waals surface area contributed by atoms with Crippen LogP contribution in [-0.2, 0) is 13.0 Å². The van der Waals surface area contributed by atoms with Gasteiger partial charge in [-0.15, -0.1) is 0 Å². The van der Waals surface area contributed by atoms with Crippen molar-refractivity contribution in [3.05, 3.63) is 41.9 Å². The summed E-state index contributed by atoms with van der Waals surface area (Å²) in [5, 5.41) is 0. The lowest BCUT2D eigenvalue weighted by atomic mass is 10.2. The highest BCUT2D eigenvalue weighted by molar-refractivity contribution is 5.78. The monoisotopic (exact) mass is 393 g/mol. The van der Waals surface area contributed by atoms with E-state index in [-0.39, 0.29) is 24.0 Å². The first-order valence-electron chi connectivity index (χ1n) is 7.66. The second-order valence-electron chi connectivity index (χ2n) is 5.66. The predicted octanol–water partition coefficient (Wildman–Crippen LogP) is 0.239. The molecule has 1 saturated carbocycles. The Balaban J connectivity index is 0.00000132. The standard InChI is InChI=1S/C17H20N3.HI/c1-3-13-17-15(11-14(18-13)12-8-9-12)20-10-6-5-7-16(20)19(17)4-2;/h5-7,10-12H,3-4,8-9H2,1-2H3;1H/q+1;/p-1. The van der Waals surface area contributed by atoms with Crippen LogP contribution in [-0.4, -0.2) is 9.38 Å². The Kier molecular flexibility index (Phi) is 3.90. The van der Waals surface area contributed by atoms with Gasteiger partial charge in [0.05, 0.1) is 18.4 Å². The Morgan fingerprint density at radius 1 is 1.29 bits per heavy atom. The van der Waals surface area contributed by atoms with Crippen LogP contribution in [0.4, 0.5) is 0 Å². The number of aryl methyl sites for hydroxylation is 2. The van der Waals surface area contributed by atoms with Crippen LogP contribution in [0.15, 0.2) is 30.5 Å². The van der Waals surface area contributed by atoms with E-state index in [0.29, 0.717) is 5.92 Å². The van der Waals surface area contributed by atoms with E-state index in [9.17, 15) is 0 Å².